The Labute approximate surface area is 195 Å². The number of rotatable bonds is 10. The van der Waals surface area contributed by atoms with Crippen LogP contribution in [0.15, 0.2) is 0 Å². The van der Waals surface area contributed by atoms with E-state index in [1.54, 1.807) is 4.72 Å². The van der Waals surface area contributed by atoms with Gasteiger partial charge in [0.2, 0.25) is 0 Å². The molecular weight excluding hydrogens is 506 g/mol. The largest absolute Gasteiger partial charge is 0.748 e. The lowest BCUT2D eigenvalue weighted by molar-refractivity contribution is -0.173. The smallest absolute Gasteiger partial charge is 0.306 e. The number of hydrogen-bond acceptors (Lipinski definition) is 13. The molecule has 0 bridgehead atoms. The third-order valence-electron chi connectivity index (χ3n) is 6.56. The van der Waals surface area contributed by atoms with Crippen molar-refractivity contribution in [3.05, 3.63) is 0 Å². The molecule has 0 radical (unpaired) electrons. The summed E-state index contributed by atoms with van der Waals surface area (Å²) in [6.45, 7) is -0.145. The van der Waals surface area contributed by atoms with E-state index in [4.69, 9.17) is 9.47 Å². The average molecular weight is 534 g/mol. The van der Waals surface area contributed by atoms with Gasteiger partial charge in [0.05, 0.1) is 34.3 Å². The van der Waals surface area contributed by atoms with E-state index < -0.39 is 105 Å². The Morgan fingerprint density at radius 3 is 2.15 bits per heavy atom. The van der Waals surface area contributed by atoms with Crippen molar-refractivity contribution in [2.24, 2.45) is 23.7 Å². The van der Waals surface area contributed by atoms with Crippen molar-refractivity contribution in [3.8, 4) is 0 Å². The Hall–Kier alpha value is -1.44. The highest BCUT2D eigenvalue weighted by atomic mass is 32.2. The Balaban J connectivity index is 2.46. The van der Waals surface area contributed by atoms with Crippen molar-refractivity contribution >= 4 is 32.9 Å². The quantitative estimate of drug-likeness (QED) is 0.134. The lowest BCUT2D eigenvalue weighted by Crippen LogP contribution is -2.61. The summed E-state index contributed by atoms with van der Waals surface area (Å²) < 4.78 is 79.6. The van der Waals surface area contributed by atoms with Gasteiger partial charge in [-0.3, -0.25) is 9.59 Å². The number of ether oxygens (including phenoxy) is 2. The minimum absolute atomic E-state index is 0.145. The molecule has 0 saturated heterocycles. The van der Waals surface area contributed by atoms with Gasteiger partial charge in [-0.2, -0.15) is 0 Å². The number of carbonyl (C=O) groups excluding carboxylic acids is 1. The summed E-state index contributed by atoms with van der Waals surface area (Å²) in [5, 5.41) is 41.2. The molecule has 4 unspecified atom stereocenters. The van der Waals surface area contributed by atoms with Crippen LogP contribution in [0, 0.1) is 23.7 Å². The fraction of sp³-hybridized carbons (Fsp3) is 0.882. The van der Waals surface area contributed by atoms with Gasteiger partial charge in [0.1, 0.15) is 18.3 Å². The molecule has 198 valence electrons. The number of carboxylic acids is 1. The Bertz CT molecular complexity index is 940. The molecule has 2 fully saturated rings. The monoisotopic (exact) mass is 533 g/mol. The molecule has 2 rings (SSSR count). The van der Waals surface area contributed by atoms with Crippen LogP contribution in [0.25, 0.3) is 0 Å². The molecule has 0 aromatic carbocycles. The molecule has 17 heteroatoms. The van der Waals surface area contributed by atoms with E-state index in [2.05, 4.69) is 0 Å². The molecular formula is C17H27NO14S2-2. The molecule has 0 aromatic rings. The summed E-state index contributed by atoms with van der Waals surface area (Å²) in [6.07, 6.45) is -8.90. The van der Waals surface area contributed by atoms with E-state index in [-0.39, 0.29) is 12.9 Å². The molecule has 2 aliphatic rings. The topological polar surface area (TPSA) is 260 Å². The van der Waals surface area contributed by atoms with Gasteiger partial charge in [-0.15, -0.1) is 0 Å². The van der Waals surface area contributed by atoms with E-state index in [9.17, 15) is 56.0 Å². The number of aliphatic hydroxyl groups excluding tert-OH is 3. The first-order chi connectivity index (χ1) is 15.6. The normalized spacial score (nSPS) is 39.4. The standard InChI is InChI=1S/C17H29NO14S2/c1-31-11-4-10(17(23)24)9(13(20)14(11)21)3-7-2-8(5-33(25,26)27)16(32-6-19)15(22)12(7)18-34(28,29)30/h6-16,18,20-22H,2-5H2,1H3,(H,23,24)(H,25,26,27)(H,28,29,30)/p-2/t7-,8?,9-,10?,11+,12?,13+,14?,15-,16-/m0/s1. The molecule has 2 saturated carbocycles. The Morgan fingerprint density at radius 2 is 1.68 bits per heavy atom. The van der Waals surface area contributed by atoms with Crippen molar-refractivity contribution in [2.75, 3.05) is 12.9 Å². The van der Waals surface area contributed by atoms with Crippen molar-refractivity contribution in [1.29, 1.82) is 0 Å². The van der Waals surface area contributed by atoms with E-state index >= 15 is 0 Å². The second kappa shape index (κ2) is 11.1. The van der Waals surface area contributed by atoms with Gasteiger partial charge in [-0.05, 0) is 25.2 Å². The highest BCUT2D eigenvalue weighted by Gasteiger charge is 2.51. The molecule has 2 aliphatic carbocycles. The van der Waals surface area contributed by atoms with E-state index in [0.29, 0.717) is 0 Å². The van der Waals surface area contributed by atoms with Crippen LogP contribution in [0.2, 0.25) is 0 Å². The minimum Gasteiger partial charge on any atom is -0.748 e. The van der Waals surface area contributed by atoms with Crippen LogP contribution in [0.4, 0.5) is 0 Å². The SMILES string of the molecule is CO[C@@H]1CC(C(=O)O)[C@H](C[C@@H]2CC(CS(=O)(=O)[O-])[C@H](OC=O)[C@@H](O)C2NS(=O)(=O)[O-])[C@@H](O)C1O. The summed E-state index contributed by atoms with van der Waals surface area (Å²) >= 11 is 0. The first-order valence-corrected chi connectivity index (χ1v) is 13.1. The third-order valence-corrected chi connectivity index (χ3v) is 7.96. The number of carboxylic acid groups (broad SMARTS) is 1. The van der Waals surface area contributed by atoms with Gasteiger partial charge in [0, 0.05) is 24.7 Å². The van der Waals surface area contributed by atoms with Crippen LogP contribution in [0.5, 0.6) is 0 Å². The van der Waals surface area contributed by atoms with Gasteiger partial charge in [-0.25, -0.2) is 21.6 Å². The Morgan fingerprint density at radius 1 is 1.06 bits per heavy atom. The average Bonchev–Trinajstić information content (AvgIpc) is 2.69. The molecule has 5 N–H and O–H groups in total. The van der Waals surface area contributed by atoms with Crippen molar-refractivity contribution in [3.63, 3.8) is 0 Å². The highest BCUT2D eigenvalue weighted by molar-refractivity contribution is 7.85. The first kappa shape index (κ1) is 28.8. The number of nitrogens with one attached hydrogen (secondary N) is 1. The van der Waals surface area contributed by atoms with Gasteiger partial charge in [-0.1, -0.05) is 0 Å². The second-order valence-corrected chi connectivity index (χ2v) is 11.2. The van der Waals surface area contributed by atoms with Gasteiger partial charge in [0.25, 0.3) is 6.47 Å². The third kappa shape index (κ3) is 7.05. The van der Waals surface area contributed by atoms with Gasteiger partial charge < -0.3 is 39.0 Å². The molecule has 34 heavy (non-hydrogen) atoms. The molecule has 0 aromatic heterocycles. The van der Waals surface area contributed by atoms with Crippen LogP contribution in [0.3, 0.4) is 0 Å². The number of aliphatic hydroxyl groups is 3. The highest BCUT2D eigenvalue weighted by Crippen LogP contribution is 2.42. The summed E-state index contributed by atoms with van der Waals surface area (Å²) in [4.78, 5) is 22.7. The predicted molar refractivity (Wildman–Crippen MR) is 106 cm³/mol. The van der Waals surface area contributed by atoms with Gasteiger partial charge in [0.15, 0.2) is 10.3 Å². The number of methoxy groups -OCH3 is 1. The van der Waals surface area contributed by atoms with Crippen LogP contribution >= 0.6 is 0 Å². The molecule has 0 spiro atoms. The maximum Gasteiger partial charge on any atom is 0.306 e. The van der Waals surface area contributed by atoms with Crippen molar-refractivity contribution < 1.29 is 65.4 Å². The van der Waals surface area contributed by atoms with E-state index in [1.807, 2.05) is 0 Å². The minimum atomic E-state index is -5.22. The maximum absolute atomic E-state index is 11.8. The molecule has 15 nitrogen and oxygen atoms in total. The molecule has 0 aliphatic heterocycles. The summed E-state index contributed by atoms with van der Waals surface area (Å²) in [5.74, 6) is -7.53. The molecule has 0 amide bonds. The van der Waals surface area contributed by atoms with Crippen LogP contribution in [0.1, 0.15) is 19.3 Å². The number of carbonyl (C=O) groups is 2. The van der Waals surface area contributed by atoms with E-state index in [1.165, 1.54) is 7.11 Å². The van der Waals surface area contributed by atoms with Gasteiger partial charge >= 0.3 is 5.97 Å². The van der Waals surface area contributed by atoms with Crippen molar-refractivity contribution in [2.45, 2.75) is 55.8 Å². The van der Waals surface area contributed by atoms with Crippen LogP contribution in [-0.4, -0.2) is 108 Å². The zero-order chi connectivity index (χ0) is 26.0. The lowest BCUT2D eigenvalue weighted by atomic mass is 9.66. The maximum atomic E-state index is 11.8. The van der Waals surface area contributed by atoms with Crippen LogP contribution in [-0.2, 0) is 39.5 Å². The summed E-state index contributed by atoms with van der Waals surface area (Å²) in [5.41, 5.74) is 0. The summed E-state index contributed by atoms with van der Waals surface area (Å²) in [6, 6.07) is -1.68. The fourth-order valence-electron chi connectivity index (χ4n) is 5.14. The first-order valence-electron chi connectivity index (χ1n) is 10.1. The number of aliphatic carboxylic acids is 1. The molecule has 10 atom stereocenters. The zero-order valence-electron chi connectivity index (χ0n) is 17.9. The fourth-order valence-corrected chi connectivity index (χ4v) is 6.65. The summed E-state index contributed by atoms with van der Waals surface area (Å²) in [7, 11) is -8.93. The van der Waals surface area contributed by atoms with Crippen molar-refractivity contribution in [1.82, 2.24) is 4.72 Å². The number of hydrogen-bond donors (Lipinski definition) is 5. The predicted octanol–water partition coefficient (Wildman–Crippen LogP) is -3.66. The van der Waals surface area contributed by atoms with Crippen LogP contribution < -0.4 is 4.72 Å². The van der Waals surface area contributed by atoms with E-state index in [0.717, 1.165) is 0 Å². The lowest BCUT2D eigenvalue weighted by Gasteiger charge is -2.48. The second-order valence-electron chi connectivity index (χ2n) is 8.60. The molecule has 0 heterocycles. The zero-order valence-corrected chi connectivity index (χ0v) is 19.5. The Kier molecular flexibility index (Phi) is 9.39.